The summed E-state index contributed by atoms with van der Waals surface area (Å²) >= 11 is 5.83. The van der Waals surface area contributed by atoms with Crippen molar-refractivity contribution >= 4 is 23.4 Å². The number of halogens is 1. The molecule has 0 spiro atoms. The first kappa shape index (κ1) is 16.3. The van der Waals surface area contributed by atoms with Crippen molar-refractivity contribution in [1.29, 1.82) is 5.26 Å². The summed E-state index contributed by atoms with van der Waals surface area (Å²) < 4.78 is 5.07. The van der Waals surface area contributed by atoms with E-state index in [1.807, 2.05) is 6.07 Å². The van der Waals surface area contributed by atoms with Crippen molar-refractivity contribution < 1.29 is 14.3 Å². The first-order chi connectivity index (χ1) is 11.0. The van der Waals surface area contributed by atoms with E-state index < -0.39 is 11.8 Å². The molecule has 0 unspecified atom stereocenters. The van der Waals surface area contributed by atoms with Gasteiger partial charge in [0.1, 0.15) is 5.75 Å². The summed E-state index contributed by atoms with van der Waals surface area (Å²) in [6.45, 7) is 0. The van der Waals surface area contributed by atoms with E-state index in [1.54, 1.807) is 12.1 Å². The Labute approximate surface area is 137 Å². The van der Waals surface area contributed by atoms with Gasteiger partial charge in [0.15, 0.2) is 0 Å². The molecule has 0 radical (unpaired) electrons. The molecule has 2 amide bonds. The highest BCUT2D eigenvalue weighted by atomic mass is 35.5. The molecule has 0 aliphatic carbocycles. The molecule has 2 aromatic carbocycles. The van der Waals surface area contributed by atoms with Gasteiger partial charge in [-0.15, -0.1) is 0 Å². The monoisotopic (exact) mass is 329 g/mol. The molecule has 2 N–H and O–H groups in total. The van der Waals surface area contributed by atoms with Crippen LogP contribution in [0.25, 0.3) is 0 Å². The van der Waals surface area contributed by atoms with E-state index in [4.69, 9.17) is 21.6 Å². The molecule has 0 aromatic heterocycles. The quantitative estimate of drug-likeness (QED) is 0.845. The molecule has 0 saturated heterocycles. The Morgan fingerprint density at radius 3 is 2.57 bits per heavy atom. The van der Waals surface area contributed by atoms with Crippen LogP contribution in [0, 0.1) is 11.3 Å². The van der Waals surface area contributed by atoms with Crippen LogP contribution in [-0.4, -0.2) is 18.9 Å². The highest BCUT2D eigenvalue weighted by Crippen LogP contribution is 2.22. The molecule has 7 heteroatoms. The summed E-state index contributed by atoms with van der Waals surface area (Å²) in [6.07, 6.45) is 0. The van der Waals surface area contributed by atoms with E-state index in [2.05, 4.69) is 10.9 Å². The molecule has 0 fully saturated rings. The van der Waals surface area contributed by atoms with Gasteiger partial charge in [-0.25, -0.2) is 0 Å². The van der Waals surface area contributed by atoms with Crippen molar-refractivity contribution in [3.63, 3.8) is 0 Å². The molecule has 6 nitrogen and oxygen atoms in total. The Hall–Kier alpha value is -3.04. The van der Waals surface area contributed by atoms with Crippen molar-refractivity contribution in [2.24, 2.45) is 0 Å². The Bertz CT molecular complexity index is 799. The molecule has 0 saturated carbocycles. The minimum atomic E-state index is -0.552. The van der Waals surface area contributed by atoms with Crippen LogP contribution in [0.5, 0.6) is 5.75 Å². The van der Waals surface area contributed by atoms with E-state index in [0.29, 0.717) is 10.6 Å². The fraction of sp³-hybridized carbons (Fsp3) is 0.0625. The lowest BCUT2D eigenvalue weighted by Gasteiger charge is -2.10. The van der Waals surface area contributed by atoms with Gasteiger partial charge in [0.05, 0.1) is 24.3 Å². The van der Waals surface area contributed by atoms with Crippen LogP contribution < -0.4 is 15.6 Å². The number of ether oxygens (including phenoxy) is 1. The minimum Gasteiger partial charge on any atom is -0.496 e. The van der Waals surface area contributed by atoms with Crippen LogP contribution in [-0.2, 0) is 0 Å². The highest BCUT2D eigenvalue weighted by Gasteiger charge is 2.14. The lowest BCUT2D eigenvalue weighted by atomic mass is 10.1. The molecular formula is C16H12ClN3O3. The van der Waals surface area contributed by atoms with Crippen LogP contribution in [0.1, 0.15) is 26.3 Å². The van der Waals surface area contributed by atoms with Gasteiger partial charge in [0.25, 0.3) is 11.8 Å². The maximum absolute atomic E-state index is 12.1. The largest absolute Gasteiger partial charge is 0.496 e. The number of hydrazine groups is 1. The zero-order chi connectivity index (χ0) is 16.8. The van der Waals surface area contributed by atoms with E-state index in [-0.39, 0.29) is 16.9 Å². The number of methoxy groups -OCH3 is 1. The van der Waals surface area contributed by atoms with Gasteiger partial charge in [-0.05, 0) is 36.4 Å². The Morgan fingerprint density at radius 1 is 1.13 bits per heavy atom. The minimum absolute atomic E-state index is 0.225. The third kappa shape index (κ3) is 3.99. The number of nitrogens with one attached hydrogen (secondary N) is 2. The van der Waals surface area contributed by atoms with Crippen molar-refractivity contribution in [3.8, 4) is 11.8 Å². The number of benzene rings is 2. The van der Waals surface area contributed by atoms with E-state index in [0.717, 1.165) is 0 Å². The van der Waals surface area contributed by atoms with Crippen molar-refractivity contribution in [3.05, 3.63) is 64.2 Å². The molecule has 0 heterocycles. The lowest BCUT2D eigenvalue weighted by Crippen LogP contribution is -2.41. The summed E-state index contributed by atoms with van der Waals surface area (Å²) in [5.74, 6) is -0.803. The fourth-order valence-corrected chi connectivity index (χ4v) is 2.00. The van der Waals surface area contributed by atoms with Crippen LogP contribution >= 0.6 is 11.6 Å². The van der Waals surface area contributed by atoms with Gasteiger partial charge >= 0.3 is 0 Å². The average molecular weight is 330 g/mol. The number of nitrogens with zero attached hydrogens (tertiary/aromatic N) is 1. The predicted molar refractivity (Wildman–Crippen MR) is 84.1 cm³/mol. The highest BCUT2D eigenvalue weighted by molar-refractivity contribution is 6.30. The summed E-state index contributed by atoms with van der Waals surface area (Å²) in [7, 11) is 1.41. The third-order valence-corrected chi connectivity index (χ3v) is 3.19. The summed E-state index contributed by atoms with van der Waals surface area (Å²) in [5, 5.41) is 9.24. The van der Waals surface area contributed by atoms with Gasteiger partial charge in [-0.1, -0.05) is 17.7 Å². The van der Waals surface area contributed by atoms with Gasteiger partial charge in [0.2, 0.25) is 0 Å². The molecule has 116 valence electrons. The van der Waals surface area contributed by atoms with E-state index >= 15 is 0 Å². The number of amides is 2. The Kier molecular flexibility index (Phi) is 5.18. The van der Waals surface area contributed by atoms with Crippen LogP contribution in [0.3, 0.4) is 0 Å². The predicted octanol–water partition coefficient (Wildman–Crippen LogP) is 2.30. The first-order valence-electron chi connectivity index (χ1n) is 6.49. The molecular weight excluding hydrogens is 318 g/mol. The molecule has 2 rings (SSSR count). The SMILES string of the molecule is COc1cc(Cl)ccc1C(=O)NNC(=O)c1cccc(C#N)c1. The summed E-state index contributed by atoms with van der Waals surface area (Å²) in [6, 6.07) is 12.6. The number of carbonyl (C=O) groups excluding carboxylic acids is 2. The van der Waals surface area contributed by atoms with Crippen LogP contribution in [0.2, 0.25) is 5.02 Å². The third-order valence-electron chi connectivity index (χ3n) is 2.95. The number of hydrogen-bond donors (Lipinski definition) is 2. The first-order valence-corrected chi connectivity index (χ1v) is 6.87. The van der Waals surface area contributed by atoms with E-state index in [1.165, 1.54) is 37.4 Å². The van der Waals surface area contributed by atoms with Gasteiger partial charge < -0.3 is 4.74 Å². The molecule has 0 aliphatic heterocycles. The second kappa shape index (κ2) is 7.29. The van der Waals surface area contributed by atoms with Crippen molar-refractivity contribution in [1.82, 2.24) is 10.9 Å². The standard InChI is InChI=1S/C16H12ClN3O3/c1-23-14-8-12(17)5-6-13(14)16(22)20-19-15(21)11-4-2-3-10(7-11)9-18/h2-8H,1H3,(H,19,21)(H,20,22). The topological polar surface area (TPSA) is 91.2 Å². The van der Waals surface area contributed by atoms with E-state index in [9.17, 15) is 9.59 Å². The van der Waals surface area contributed by atoms with Crippen molar-refractivity contribution in [2.45, 2.75) is 0 Å². The second-order valence-electron chi connectivity index (χ2n) is 4.45. The van der Waals surface area contributed by atoms with Gasteiger partial charge in [-0.3, -0.25) is 20.4 Å². The van der Waals surface area contributed by atoms with Gasteiger partial charge in [-0.2, -0.15) is 5.26 Å². The number of nitriles is 1. The average Bonchev–Trinajstić information content (AvgIpc) is 2.59. The molecule has 0 aliphatic rings. The number of hydrogen-bond acceptors (Lipinski definition) is 4. The molecule has 0 atom stereocenters. The fourth-order valence-electron chi connectivity index (χ4n) is 1.84. The number of rotatable bonds is 3. The van der Waals surface area contributed by atoms with Crippen LogP contribution in [0.15, 0.2) is 42.5 Å². The smallest absolute Gasteiger partial charge is 0.273 e. The summed E-state index contributed by atoms with van der Waals surface area (Å²) in [5.41, 5.74) is 5.39. The van der Waals surface area contributed by atoms with Gasteiger partial charge in [0, 0.05) is 10.6 Å². The Balaban J connectivity index is 2.07. The number of carbonyl (C=O) groups is 2. The molecule has 2 aromatic rings. The maximum atomic E-state index is 12.1. The summed E-state index contributed by atoms with van der Waals surface area (Å²) in [4.78, 5) is 24.1. The zero-order valence-corrected chi connectivity index (χ0v) is 12.8. The van der Waals surface area contributed by atoms with Crippen molar-refractivity contribution in [2.75, 3.05) is 7.11 Å². The lowest BCUT2D eigenvalue weighted by molar-refractivity contribution is 0.0845. The Morgan fingerprint density at radius 2 is 1.87 bits per heavy atom. The molecule has 0 bridgehead atoms. The van der Waals surface area contributed by atoms with Crippen LogP contribution in [0.4, 0.5) is 0 Å². The normalized spacial score (nSPS) is 9.61. The second-order valence-corrected chi connectivity index (χ2v) is 4.88. The maximum Gasteiger partial charge on any atom is 0.273 e. The molecule has 23 heavy (non-hydrogen) atoms. The zero-order valence-electron chi connectivity index (χ0n) is 12.1.